The van der Waals surface area contributed by atoms with Gasteiger partial charge < -0.3 is 20.5 Å². The molecule has 1 fully saturated rings. The Morgan fingerprint density at radius 3 is 2.61 bits per heavy atom. The summed E-state index contributed by atoms with van der Waals surface area (Å²) >= 11 is 0. The molecule has 1 aliphatic heterocycles. The highest BCUT2D eigenvalue weighted by molar-refractivity contribution is 5.83. The maximum Gasteiger partial charge on any atom is 0.311 e. The Balaban J connectivity index is 2.76. The minimum atomic E-state index is -0.923. The fourth-order valence-corrected chi connectivity index (χ4v) is 2.29. The molecule has 0 aromatic carbocycles. The van der Waals surface area contributed by atoms with Crippen LogP contribution in [-0.4, -0.2) is 53.7 Å². The zero-order valence-corrected chi connectivity index (χ0v) is 11.0. The molecule has 1 amide bonds. The SMILES string of the molecule is CCCC(N)C(=O)N(CC)C1COCC1C(=O)O. The molecule has 1 rings (SSSR count). The maximum atomic E-state index is 12.2. The van der Waals surface area contributed by atoms with Crippen molar-refractivity contribution in [3.63, 3.8) is 0 Å². The number of carboxylic acid groups (broad SMARTS) is 1. The lowest BCUT2D eigenvalue weighted by Gasteiger charge is -2.31. The number of ether oxygens (including phenoxy) is 1. The summed E-state index contributed by atoms with van der Waals surface area (Å²) in [5.74, 6) is -1.75. The molecule has 1 heterocycles. The molecule has 0 saturated carbocycles. The number of nitrogens with zero attached hydrogens (tertiary/aromatic N) is 1. The second-order valence-electron chi connectivity index (χ2n) is 4.57. The summed E-state index contributed by atoms with van der Waals surface area (Å²) in [6.07, 6.45) is 1.44. The first-order valence-electron chi connectivity index (χ1n) is 6.39. The highest BCUT2D eigenvalue weighted by Gasteiger charge is 2.40. The average molecular weight is 258 g/mol. The van der Waals surface area contributed by atoms with Crippen molar-refractivity contribution in [1.29, 1.82) is 0 Å². The van der Waals surface area contributed by atoms with E-state index in [2.05, 4.69) is 0 Å². The lowest BCUT2D eigenvalue weighted by atomic mass is 10.0. The van der Waals surface area contributed by atoms with E-state index in [0.717, 1.165) is 6.42 Å². The van der Waals surface area contributed by atoms with Gasteiger partial charge in [-0.3, -0.25) is 9.59 Å². The summed E-state index contributed by atoms with van der Waals surface area (Å²) in [5.41, 5.74) is 5.81. The van der Waals surface area contributed by atoms with Crippen molar-refractivity contribution in [3.05, 3.63) is 0 Å². The van der Waals surface area contributed by atoms with Crippen molar-refractivity contribution in [2.24, 2.45) is 11.7 Å². The van der Waals surface area contributed by atoms with Crippen molar-refractivity contribution in [1.82, 2.24) is 4.90 Å². The van der Waals surface area contributed by atoms with E-state index >= 15 is 0 Å². The van der Waals surface area contributed by atoms with Gasteiger partial charge in [0.15, 0.2) is 0 Å². The van der Waals surface area contributed by atoms with Crippen LogP contribution in [0.25, 0.3) is 0 Å². The van der Waals surface area contributed by atoms with Crippen LogP contribution in [0.1, 0.15) is 26.7 Å². The number of likely N-dealkylation sites (N-methyl/N-ethyl adjacent to an activating group) is 1. The number of hydrogen-bond acceptors (Lipinski definition) is 4. The van der Waals surface area contributed by atoms with Gasteiger partial charge in [-0.15, -0.1) is 0 Å². The van der Waals surface area contributed by atoms with Crippen LogP contribution in [0, 0.1) is 5.92 Å². The van der Waals surface area contributed by atoms with Crippen molar-refractivity contribution >= 4 is 11.9 Å². The molecule has 18 heavy (non-hydrogen) atoms. The standard InChI is InChI=1S/C12H22N2O4/c1-3-5-9(13)11(15)14(4-2)10-7-18-6-8(10)12(16)17/h8-10H,3-7,13H2,1-2H3,(H,16,17). The molecule has 0 aromatic heterocycles. The number of carbonyl (C=O) groups excluding carboxylic acids is 1. The van der Waals surface area contributed by atoms with E-state index in [1.165, 1.54) is 0 Å². The lowest BCUT2D eigenvalue weighted by Crippen LogP contribution is -2.52. The molecule has 0 bridgehead atoms. The number of carbonyl (C=O) groups is 2. The minimum Gasteiger partial charge on any atom is -0.481 e. The molecule has 3 N–H and O–H groups in total. The third-order valence-corrected chi connectivity index (χ3v) is 3.31. The average Bonchev–Trinajstić information content (AvgIpc) is 2.79. The second kappa shape index (κ2) is 6.70. The van der Waals surface area contributed by atoms with Crippen LogP contribution >= 0.6 is 0 Å². The molecule has 0 radical (unpaired) electrons. The zero-order chi connectivity index (χ0) is 13.7. The first kappa shape index (κ1) is 14.9. The van der Waals surface area contributed by atoms with Gasteiger partial charge in [-0.25, -0.2) is 0 Å². The summed E-state index contributed by atoms with van der Waals surface area (Å²) in [4.78, 5) is 24.8. The molecule has 3 unspecified atom stereocenters. The van der Waals surface area contributed by atoms with Gasteiger partial charge in [0.2, 0.25) is 5.91 Å². The Kier molecular flexibility index (Phi) is 5.55. The van der Waals surface area contributed by atoms with Crippen molar-refractivity contribution in [3.8, 4) is 0 Å². The van der Waals surface area contributed by atoms with Crippen molar-refractivity contribution < 1.29 is 19.4 Å². The van der Waals surface area contributed by atoms with Crippen LogP contribution in [0.3, 0.4) is 0 Å². The lowest BCUT2D eigenvalue weighted by molar-refractivity contribution is -0.145. The van der Waals surface area contributed by atoms with Gasteiger partial charge >= 0.3 is 5.97 Å². The van der Waals surface area contributed by atoms with E-state index in [1.54, 1.807) is 4.90 Å². The first-order chi connectivity index (χ1) is 8.52. The molecule has 0 aromatic rings. The predicted octanol–water partition coefficient (Wildman–Crippen LogP) is 0.0619. The molecule has 104 valence electrons. The van der Waals surface area contributed by atoms with Gasteiger partial charge in [0.1, 0.15) is 5.92 Å². The highest BCUT2D eigenvalue weighted by atomic mass is 16.5. The number of amides is 1. The summed E-state index contributed by atoms with van der Waals surface area (Å²) in [6, 6.07) is -0.951. The van der Waals surface area contributed by atoms with Crippen molar-refractivity contribution in [2.75, 3.05) is 19.8 Å². The third-order valence-electron chi connectivity index (χ3n) is 3.31. The number of hydrogen-bond donors (Lipinski definition) is 2. The maximum absolute atomic E-state index is 12.2. The highest BCUT2D eigenvalue weighted by Crippen LogP contribution is 2.21. The minimum absolute atomic E-state index is 0.160. The molecule has 0 aliphatic carbocycles. The van der Waals surface area contributed by atoms with Crippen LogP contribution in [0.4, 0.5) is 0 Å². The van der Waals surface area contributed by atoms with Gasteiger partial charge in [-0.2, -0.15) is 0 Å². The smallest absolute Gasteiger partial charge is 0.311 e. The van der Waals surface area contributed by atoms with Crippen LogP contribution in [0.2, 0.25) is 0 Å². The molecule has 6 nitrogen and oxygen atoms in total. The van der Waals surface area contributed by atoms with Crippen LogP contribution in [-0.2, 0) is 14.3 Å². The molecular formula is C12H22N2O4. The van der Waals surface area contributed by atoms with E-state index in [9.17, 15) is 9.59 Å². The van der Waals surface area contributed by atoms with E-state index in [0.29, 0.717) is 13.0 Å². The number of aliphatic carboxylic acids is 1. The molecule has 1 saturated heterocycles. The Hall–Kier alpha value is -1.14. The summed E-state index contributed by atoms with van der Waals surface area (Å²) in [5, 5.41) is 9.10. The van der Waals surface area contributed by atoms with Gasteiger partial charge in [0.25, 0.3) is 0 Å². The Morgan fingerprint density at radius 2 is 2.11 bits per heavy atom. The number of carboxylic acids is 1. The van der Waals surface area contributed by atoms with E-state index < -0.39 is 24.0 Å². The second-order valence-corrected chi connectivity index (χ2v) is 4.57. The van der Waals surface area contributed by atoms with Gasteiger partial charge in [0, 0.05) is 6.54 Å². The van der Waals surface area contributed by atoms with Crippen LogP contribution in [0.15, 0.2) is 0 Å². The molecule has 0 spiro atoms. The summed E-state index contributed by atoms with van der Waals surface area (Å²) in [7, 11) is 0. The van der Waals surface area contributed by atoms with E-state index in [4.69, 9.17) is 15.6 Å². The fourth-order valence-electron chi connectivity index (χ4n) is 2.29. The topological polar surface area (TPSA) is 92.9 Å². The van der Waals surface area contributed by atoms with Gasteiger partial charge in [-0.05, 0) is 13.3 Å². The van der Waals surface area contributed by atoms with E-state index in [-0.39, 0.29) is 19.1 Å². The van der Waals surface area contributed by atoms with E-state index in [1.807, 2.05) is 13.8 Å². The molecule has 6 heteroatoms. The summed E-state index contributed by atoms with van der Waals surface area (Å²) < 4.78 is 5.19. The van der Waals surface area contributed by atoms with Crippen LogP contribution in [0.5, 0.6) is 0 Å². The third kappa shape index (κ3) is 3.20. The summed E-state index contributed by atoms with van der Waals surface area (Å²) in [6.45, 7) is 4.67. The van der Waals surface area contributed by atoms with Gasteiger partial charge in [0.05, 0.1) is 25.3 Å². The molecule has 3 atom stereocenters. The quantitative estimate of drug-likeness (QED) is 0.703. The molecular weight excluding hydrogens is 236 g/mol. The van der Waals surface area contributed by atoms with Gasteiger partial charge in [-0.1, -0.05) is 13.3 Å². The Morgan fingerprint density at radius 1 is 1.44 bits per heavy atom. The monoisotopic (exact) mass is 258 g/mol. The first-order valence-corrected chi connectivity index (χ1v) is 6.39. The van der Waals surface area contributed by atoms with Crippen LogP contribution < -0.4 is 5.73 Å². The zero-order valence-electron chi connectivity index (χ0n) is 11.0. The molecule has 1 aliphatic rings. The predicted molar refractivity (Wildman–Crippen MR) is 66.0 cm³/mol. The Bertz CT molecular complexity index is 308. The largest absolute Gasteiger partial charge is 0.481 e. The number of rotatable bonds is 6. The normalized spacial score (nSPS) is 24.8. The van der Waals surface area contributed by atoms with Crippen molar-refractivity contribution in [2.45, 2.75) is 38.8 Å². The fraction of sp³-hybridized carbons (Fsp3) is 0.833. The number of nitrogens with two attached hydrogens (primary N) is 1. The Labute approximate surface area is 107 Å².